The summed E-state index contributed by atoms with van der Waals surface area (Å²) in [7, 11) is 1.69. The minimum Gasteiger partial charge on any atom is -0.459 e. The van der Waals surface area contributed by atoms with Gasteiger partial charge in [0.05, 0.1) is 24.1 Å². The van der Waals surface area contributed by atoms with Crippen LogP contribution in [0, 0.1) is 0 Å². The lowest BCUT2D eigenvalue weighted by molar-refractivity contribution is -0.151. The van der Waals surface area contributed by atoms with Gasteiger partial charge in [-0.3, -0.25) is 23.7 Å². The van der Waals surface area contributed by atoms with E-state index in [1.165, 1.54) is 26.0 Å². The molecule has 16 heteroatoms. The number of halogens is 1. The van der Waals surface area contributed by atoms with Gasteiger partial charge >= 0.3 is 19.4 Å². The fourth-order valence-corrected chi connectivity index (χ4v) is 5.10. The number of alkyl halides is 1. The number of carbonyl (C=O) groups excluding carboxylic acids is 1. The molecule has 0 bridgehead atoms. The number of benzene rings is 1. The first-order chi connectivity index (χ1) is 17.4. The number of aliphatic hydroxyl groups is 2. The number of nitrogens with zero attached hydrogens (tertiary/aromatic N) is 1. The summed E-state index contributed by atoms with van der Waals surface area (Å²) in [5.41, 5.74) is -1.55. The molecule has 0 spiro atoms. The molecule has 13 nitrogen and oxygen atoms in total. The van der Waals surface area contributed by atoms with E-state index in [9.17, 15) is 24.1 Å². The molecule has 1 aliphatic rings. The Morgan fingerprint density at radius 3 is 2.62 bits per heavy atom. The van der Waals surface area contributed by atoms with Crippen LogP contribution in [-0.2, 0) is 23.4 Å². The van der Waals surface area contributed by atoms with Crippen LogP contribution < -0.4 is 20.9 Å². The molecular weight excluding hydrogens is 531 g/mol. The van der Waals surface area contributed by atoms with Crippen LogP contribution in [0.1, 0.15) is 20.1 Å². The fraction of sp³-hybridized carbons (Fsp3) is 0.476. The Bertz CT molecular complexity index is 1240. The maximum Gasteiger partial charge on any atom is 0.459 e. The van der Waals surface area contributed by atoms with Crippen LogP contribution in [0.25, 0.3) is 0 Å². The molecule has 37 heavy (non-hydrogen) atoms. The number of carbonyl (C=O) groups is 1. The Kier molecular flexibility index (Phi) is 9.40. The molecule has 1 fully saturated rings. The number of aliphatic hydroxyl groups excluding tert-OH is 2. The molecular formula is C21H26BClN3O10P. The van der Waals surface area contributed by atoms with E-state index >= 15 is 0 Å². The highest BCUT2D eigenvalue weighted by Gasteiger charge is 2.53. The van der Waals surface area contributed by atoms with Gasteiger partial charge in [0.2, 0.25) is 0 Å². The van der Waals surface area contributed by atoms with Gasteiger partial charge in [-0.2, -0.15) is 5.09 Å². The van der Waals surface area contributed by atoms with E-state index in [1.807, 2.05) is 4.98 Å². The second-order valence-corrected chi connectivity index (χ2v) is 10.6. The largest absolute Gasteiger partial charge is 0.459 e. The minimum absolute atomic E-state index is 0.138. The van der Waals surface area contributed by atoms with Crippen molar-refractivity contribution in [3.05, 3.63) is 63.4 Å². The highest BCUT2D eigenvalue weighted by atomic mass is 35.5. The lowest BCUT2D eigenvalue weighted by Crippen LogP contribution is -2.45. The van der Waals surface area contributed by atoms with Crippen LogP contribution in [0.4, 0.5) is 0 Å². The summed E-state index contributed by atoms with van der Waals surface area (Å²) in [5, 5.41) is 22.2. The molecule has 1 aromatic carbocycles. The quantitative estimate of drug-likeness (QED) is 0.126. The molecule has 2 aromatic rings. The molecule has 200 valence electrons. The maximum absolute atomic E-state index is 13.6. The van der Waals surface area contributed by atoms with Crippen molar-refractivity contribution < 1.29 is 38.1 Å². The van der Waals surface area contributed by atoms with Gasteiger partial charge in [-0.25, -0.2) is 9.36 Å². The van der Waals surface area contributed by atoms with Crippen molar-refractivity contribution in [1.29, 1.82) is 0 Å². The second-order valence-electron chi connectivity index (χ2n) is 8.29. The zero-order chi connectivity index (χ0) is 27.4. The van der Waals surface area contributed by atoms with E-state index in [4.69, 9.17) is 43.1 Å². The summed E-state index contributed by atoms with van der Waals surface area (Å²) in [4.78, 5) is 37.9. The summed E-state index contributed by atoms with van der Waals surface area (Å²) >= 11 is 6.29. The topological polar surface area (TPSA) is 178 Å². The molecule has 4 N–H and O–H groups in total. The van der Waals surface area contributed by atoms with Gasteiger partial charge in [-0.05, 0) is 26.0 Å². The van der Waals surface area contributed by atoms with Crippen LogP contribution in [0.5, 0.6) is 5.75 Å². The maximum atomic E-state index is 13.6. The molecule has 1 aliphatic heterocycles. The number of aromatic amines is 1. The zero-order valence-electron chi connectivity index (χ0n) is 19.9. The Labute approximate surface area is 217 Å². The molecule has 2 heterocycles. The van der Waals surface area contributed by atoms with Gasteiger partial charge in [0.1, 0.15) is 31.8 Å². The molecule has 0 amide bonds. The van der Waals surface area contributed by atoms with Crippen LogP contribution >= 0.6 is 19.3 Å². The molecule has 2 radical (unpaired) electrons. The standard InChI is InChI=1S/C21H26BClN3O10P/c1-12(10-27)34-18(30)13(2)25-37(32,36-14-6-4-3-5-7-14)33-11-15-17(29)21(22,23)19(35-15)26-9-8-16(28)24-20(26)31/h3-9,12-13,15,17,19,27,29H,10-11H2,1-2H3,(H,25,32)(H,24,28,31)/t12?,13-,15+,17+,19+,21-,37?/m0/s1. The number of H-pyrrole nitrogens is 1. The van der Waals surface area contributed by atoms with Crippen molar-refractivity contribution in [2.45, 2.75) is 49.2 Å². The van der Waals surface area contributed by atoms with Gasteiger partial charge in [0, 0.05) is 12.3 Å². The van der Waals surface area contributed by atoms with Crippen molar-refractivity contribution >= 4 is 33.2 Å². The number of hydrogen-bond acceptors (Lipinski definition) is 10. The number of esters is 1. The van der Waals surface area contributed by atoms with Crippen molar-refractivity contribution in [2.75, 3.05) is 13.2 Å². The van der Waals surface area contributed by atoms with E-state index < -0.39 is 73.5 Å². The summed E-state index contributed by atoms with van der Waals surface area (Å²) in [6.07, 6.45) is -4.08. The second kappa shape index (κ2) is 11.9. The number of ether oxygens (including phenoxy) is 2. The lowest BCUT2D eigenvalue weighted by Gasteiger charge is -2.27. The van der Waals surface area contributed by atoms with Crippen molar-refractivity contribution in [3.63, 3.8) is 0 Å². The normalized spacial score (nSPS) is 26.7. The SMILES string of the molecule is [B][C@]1(Cl)[C@H](O)[C@@H](COP(=O)(N[C@@H](C)C(=O)OC(C)CO)Oc2ccccc2)O[C@H]1n1ccc(=O)[nH]c1=O. The summed E-state index contributed by atoms with van der Waals surface area (Å²) in [5.74, 6) is -0.697. The number of nitrogens with one attached hydrogen (secondary N) is 2. The van der Waals surface area contributed by atoms with Gasteiger partial charge in [-0.15, -0.1) is 11.6 Å². The predicted molar refractivity (Wildman–Crippen MR) is 131 cm³/mol. The first-order valence-electron chi connectivity index (χ1n) is 11.1. The van der Waals surface area contributed by atoms with Gasteiger partial charge in [-0.1, -0.05) is 18.2 Å². The van der Waals surface area contributed by atoms with Gasteiger partial charge < -0.3 is 24.2 Å². The Balaban J connectivity index is 1.79. The lowest BCUT2D eigenvalue weighted by atomic mass is 9.79. The molecule has 0 aliphatic carbocycles. The molecule has 3 rings (SSSR count). The Morgan fingerprint density at radius 2 is 2.00 bits per heavy atom. The zero-order valence-corrected chi connectivity index (χ0v) is 21.5. The van der Waals surface area contributed by atoms with Crippen molar-refractivity contribution in [3.8, 4) is 5.75 Å². The van der Waals surface area contributed by atoms with E-state index in [2.05, 4.69) is 5.09 Å². The molecule has 1 aromatic heterocycles. The van der Waals surface area contributed by atoms with Crippen LogP contribution in [0.2, 0.25) is 0 Å². The van der Waals surface area contributed by atoms with Crippen LogP contribution in [-0.4, -0.2) is 75.9 Å². The van der Waals surface area contributed by atoms with E-state index in [0.717, 1.165) is 16.8 Å². The number of rotatable bonds is 11. The highest BCUT2D eigenvalue weighted by molar-refractivity contribution is 7.52. The summed E-state index contributed by atoms with van der Waals surface area (Å²) < 4.78 is 34.1. The average molecular weight is 558 g/mol. The average Bonchev–Trinajstić information content (AvgIpc) is 3.06. The van der Waals surface area contributed by atoms with E-state index in [-0.39, 0.29) is 5.75 Å². The molecule has 7 atom stereocenters. The number of hydrogen-bond donors (Lipinski definition) is 4. The Morgan fingerprint density at radius 1 is 1.32 bits per heavy atom. The summed E-state index contributed by atoms with van der Waals surface area (Å²) in [6.45, 7) is 1.80. The molecule has 1 saturated heterocycles. The third-order valence-corrected chi connectivity index (χ3v) is 7.30. The van der Waals surface area contributed by atoms with Gasteiger partial charge in [0.25, 0.3) is 5.56 Å². The minimum atomic E-state index is -4.34. The van der Waals surface area contributed by atoms with Crippen LogP contribution in [0.3, 0.4) is 0 Å². The number of aromatic nitrogens is 2. The van der Waals surface area contributed by atoms with E-state index in [1.54, 1.807) is 18.2 Å². The first kappa shape index (κ1) is 29.1. The Hall–Kier alpha value is -2.45. The molecule has 2 unspecified atom stereocenters. The van der Waals surface area contributed by atoms with E-state index in [0.29, 0.717) is 0 Å². The van der Waals surface area contributed by atoms with Gasteiger partial charge in [0.15, 0.2) is 6.23 Å². The fourth-order valence-electron chi connectivity index (χ4n) is 3.31. The number of para-hydroxylation sites is 1. The van der Waals surface area contributed by atoms with Crippen LogP contribution in [0.15, 0.2) is 52.2 Å². The van der Waals surface area contributed by atoms with Crippen molar-refractivity contribution in [2.24, 2.45) is 0 Å². The predicted octanol–water partition coefficient (Wildman–Crippen LogP) is 0.00430. The summed E-state index contributed by atoms with van der Waals surface area (Å²) in [6, 6.07) is 7.77. The third kappa shape index (κ3) is 7.11. The smallest absolute Gasteiger partial charge is 0.459 e. The first-order valence-corrected chi connectivity index (χ1v) is 13.0. The molecule has 0 saturated carbocycles. The third-order valence-electron chi connectivity index (χ3n) is 5.25. The highest BCUT2D eigenvalue weighted by Crippen LogP contribution is 2.47. The van der Waals surface area contributed by atoms with Crippen molar-refractivity contribution in [1.82, 2.24) is 14.6 Å². The monoisotopic (exact) mass is 557 g/mol.